The van der Waals surface area contributed by atoms with Gasteiger partial charge in [0.15, 0.2) is 0 Å². The number of amides is 1. The number of nitrogens with one attached hydrogen (secondary N) is 1. The number of carbonyl (C=O) groups is 1. The van der Waals surface area contributed by atoms with E-state index < -0.39 is 0 Å². The Morgan fingerprint density at radius 2 is 2.00 bits per heavy atom. The second kappa shape index (κ2) is 5.86. The van der Waals surface area contributed by atoms with Gasteiger partial charge in [-0.2, -0.15) is 0 Å². The summed E-state index contributed by atoms with van der Waals surface area (Å²) in [6.45, 7) is 0. The van der Waals surface area contributed by atoms with Crippen LogP contribution in [0.25, 0.3) is 11.5 Å². The van der Waals surface area contributed by atoms with Crippen LogP contribution in [0, 0.1) is 0 Å². The van der Waals surface area contributed by atoms with Crippen molar-refractivity contribution < 1.29 is 9.21 Å². The maximum absolute atomic E-state index is 11.4. The van der Waals surface area contributed by atoms with Crippen molar-refractivity contribution in [2.75, 3.05) is 0 Å². The number of hydrazine groups is 1. The molecule has 0 aliphatic carbocycles. The molecule has 21 heavy (non-hydrogen) atoms. The van der Waals surface area contributed by atoms with Gasteiger partial charge in [-0.25, -0.2) is 5.84 Å². The molecule has 0 aliphatic rings. The van der Waals surface area contributed by atoms with Crippen molar-refractivity contribution in [2.24, 2.45) is 5.84 Å². The van der Waals surface area contributed by atoms with Gasteiger partial charge >= 0.3 is 0 Å². The lowest BCUT2D eigenvalue weighted by Crippen LogP contribution is -2.29. The molecule has 0 radical (unpaired) electrons. The van der Waals surface area contributed by atoms with Crippen LogP contribution in [0.2, 0.25) is 0 Å². The van der Waals surface area contributed by atoms with Gasteiger partial charge in [-0.3, -0.25) is 10.2 Å². The van der Waals surface area contributed by atoms with Crippen molar-refractivity contribution in [1.29, 1.82) is 0 Å². The van der Waals surface area contributed by atoms with Crippen LogP contribution in [-0.4, -0.2) is 16.1 Å². The van der Waals surface area contributed by atoms with Crippen molar-refractivity contribution in [1.82, 2.24) is 15.6 Å². The average molecular weight is 300 g/mol. The molecule has 0 aliphatic heterocycles. The number of rotatable bonds is 4. The second-order valence-corrected chi connectivity index (χ2v) is 5.45. The van der Waals surface area contributed by atoms with E-state index in [1.165, 1.54) is 11.3 Å². The van der Waals surface area contributed by atoms with Crippen LogP contribution in [0.1, 0.15) is 20.4 Å². The normalized spacial score (nSPS) is 10.5. The molecule has 3 aromatic rings. The van der Waals surface area contributed by atoms with Gasteiger partial charge in [0.2, 0.25) is 11.8 Å². The van der Waals surface area contributed by atoms with Crippen LogP contribution in [0.4, 0.5) is 0 Å². The van der Waals surface area contributed by atoms with Gasteiger partial charge < -0.3 is 4.42 Å². The highest BCUT2D eigenvalue weighted by Gasteiger charge is 2.12. The first kappa shape index (κ1) is 13.5. The molecular weight excluding hydrogens is 288 g/mol. The van der Waals surface area contributed by atoms with E-state index in [0.717, 1.165) is 10.4 Å². The molecule has 2 aromatic heterocycles. The first-order valence-corrected chi connectivity index (χ1v) is 7.05. The lowest BCUT2D eigenvalue weighted by molar-refractivity contribution is 0.0957. The zero-order chi connectivity index (χ0) is 14.7. The molecule has 3 rings (SSSR count). The van der Waals surface area contributed by atoms with Crippen LogP contribution in [0.5, 0.6) is 0 Å². The number of carbonyl (C=O) groups excluding carboxylic acids is 1. The summed E-state index contributed by atoms with van der Waals surface area (Å²) in [4.78, 5) is 12.9. The molecule has 3 N–H and O–H groups in total. The molecule has 7 heteroatoms. The minimum absolute atomic E-state index is 0.304. The summed E-state index contributed by atoms with van der Waals surface area (Å²) >= 11 is 1.35. The molecule has 0 saturated carbocycles. The summed E-state index contributed by atoms with van der Waals surface area (Å²) in [7, 11) is 0. The standard InChI is InChI=1S/C14H12N4O2S/c15-16-13(19)11-7-6-10(21-11)8-12-17-18-14(20-12)9-4-2-1-3-5-9/h1-7H,8,15H2,(H,16,19). The number of aromatic nitrogens is 2. The molecule has 1 aromatic carbocycles. The van der Waals surface area contributed by atoms with E-state index in [1.807, 2.05) is 36.4 Å². The quantitative estimate of drug-likeness (QED) is 0.436. The lowest BCUT2D eigenvalue weighted by atomic mass is 10.2. The Hall–Kier alpha value is -2.51. The van der Waals surface area contributed by atoms with E-state index in [1.54, 1.807) is 6.07 Å². The van der Waals surface area contributed by atoms with Crippen LogP contribution in [-0.2, 0) is 6.42 Å². The van der Waals surface area contributed by atoms with Gasteiger partial charge in [-0.1, -0.05) is 18.2 Å². The van der Waals surface area contributed by atoms with Crippen LogP contribution in [0.15, 0.2) is 46.9 Å². The molecule has 0 unspecified atom stereocenters. The Bertz CT molecular complexity index is 751. The van der Waals surface area contributed by atoms with E-state index in [-0.39, 0.29) is 5.91 Å². The number of nitrogens with two attached hydrogens (primary N) is 1. The SMILES string of the molecule is NNC(=O)c1ccc(Cc2nnc(-c3ccccc3)o2)s1. The van der Waals surface area contributed by atoms with E-state index in [9.17, 15) is 4.79 Å². The number of nitrogen functional groups attached to an aromatic ring is 1. The van der Waals surface area contributed by atoms with Gasteiger partial charge in [-0.05, 0) is 24.3 Å². The number of hydrogen-bond acceptors (Lipinski definition) is 6. The van der Waals surface area contributed by atoms with Crippen LogP contribution < -0.4 is 11.3 Å². The highest BCUT2D eigenvalue weighted by atomic mass is 32.1. The first-order valence-electron chi connectivity index (χ1n) is 6.23. The Labute approximate surface area is 124 Å². The smallest absolute Gasteiger partial charge is 0.275 e. The summed E-state index contributed by atoms with van der Waals surface area (Å²) in [6, 6.07) is 13.1. The first-order chi connectivity index (χ1) is 10.3. The predicted octanol–water partition coefficient (Wildman–Crippen LogP) is 1.99. The highest BCUT2D eigenvalue weighted by Crippen LogP contribution is 2.22. The Morgan fingerprint density at radius 1 is 1.19 bits per heavy atom. The van der Waals surface area contributed by atoms with E-state index in [0.29, 0.717) is 23.1 Å². The Balaban J connectivity index is 1.76. The molecular formula is C14H12N4O2S. The van der Waals surface area contributed by atoms with Crippen molar-refractivity contribution in [3.63, 3.8) is 0 Å². The third kappa shape index (κ3) is 2.99. The monoisotopic (exact) mass is 300 g/mol. The van der Waals surface area contributed by atoms with E-state index >= 15 is 0 Å². The number of nitrogens with zero attached hydrogens (tertiary/aromatic N) is 2. The van der Waals surface area contributed by atoms with Crippen LogP contribution >= 0.6 is 11.3 Å². The predicted molar refractivity (Wildman–Crippen MR) is 78.5 cm³/mol. The highest BCUT2D eigenvalue weighted by molar-refractivity contribution is 7.14. The Morgan fingerprint density at radius 3 is 2.76 bits per heavy atom. The average Bonchev–Trinajstić information content (AvgIpc) is 3.17. The molecule has 0 spiro atoms. The van der Waals surface area contributed by atoms with E-state index in [2.05, 4.69) is 15.6 Å². The molecule has 0 atom stereocenters. The molecule has 2 heterocycles. The fraction of sp³-hybridized carbons (Fsp3) is 0.0714. The molecule has 0 saturated heterocycles. The zero-order valence-electron chi connectivity index (χ0n) is 10.9. The summed E-state index contributed by atoms with van der Waals surface area (Å²) in [5.41, 5.74) is 2.98. The van der Waals surface area contributed by atoms with Gasteiger partial charge in [0, 0.05) is 10.4 Å². The summed E-state index contributed by atoms with van der Waals surface area (Å²) in [6.07, 6.45) is 0.488. The van der Waals surface area contributed by atoms with Crippen molar-refractivity contribution in [3.8, 4) is 11.5 Å². The third-order valence-electron chi connectivity index (χ3n) is 2.83. The molecule has 0 bridgehead atoms. The maximum Gasteiger partial charge on any atom is 0.275 e. The number of thiophene rings is 1. The molecule has 0 fully saturated rings. The molecule has 1 amide bonds. The largest absolute Gasteiger partial charge is 0.420 e. The second-order valence-electron chi connectivity index (χ2n) is 4.28. The summed E-state index contributed by atoms with van der Waals surface area (Å²) in [5, 5.41) is 8.06. The fourth-order valence-electron chi connectivity index (χ4n) is 1.84. The fourth-order valence-corrected chi connectivity index (χ4v) is 2.74. The number of benzene rings is 1. The van der Waals surface area contributed by atoms with Gasteiger partial charge in [-0.15, -0.1) is 21.5 Å². The topological polar surface area (TPSA) is 94.0 Å². The van der Waals surface area contributed by atoms with Crippen molar-refractivity contribution in [3.05, 3.63) is 58.1 Å². The zero-order valence-corrected chi connectivity index (χ0v) is 11.8. The summed E-state index contributed by atoms with van der Waals surface area (Å²) < 4.78 is 5.63. The third-order valence-corrected chi connectivity index (χ3v) is 3.91. The van der Waals surface area contributed by atoms with Crippen LogP contribution in [0.3, 0.4) is 0 Å². The summed E-state index contributed by atoms with van der Waals surface area (Å²) in [5.74, 6) is 5.79. The minimum Gasteiger partial charge on any atom is -0.420 e. The Kier molecular flexibility index (Phi) is 3.76. The van der Waals surface area contributed by atoms with Gasteiger partial charge in [0.05, 0.1) is 11.3 Å². The lowest BCUT2D eigenvalue weighted by Gasteiger charge is -1.94. The van der Waals surface area contributed by atoms with E-state index in [4.69, 9.17) is 10.3 Å². The van der Waals surface area contributed by atoms with Gasteiger partial charge in [0.1, 0.15) is 0 Å². The van der Waals surface area contributed by atoms with Crippen molar-refractivity contribution >= 4 is 17.2 Å². The minimum atomic E-state index is -0.304. The maximum atomic E-state index is 11.4. The number of hydrogen-bond donors (Lipinski definition) is 2. The molecule has 6 nitrogen and oxygen atoms in total. The van der Waals surface area contributed by atoms with Gasteiger partial charge in [0.25, 0.3) is 5.91 Å². The molecule has 106 valence electrons. The van der Waals surface area contributed by atoms with Crippen molar-refractivity contribution in [2.45, 2.75) is 6.42 Å².